The summed E-state index contributed by atoms with van der Waals surface area (Å²) in [6, 6.07) is 17.9. The minimum Gasteiger partial charge on any atom is -0.481 e. The summed E-state index contributed by atoms with van der Waals surface area (Å²) in [5, 5.41) is 7.40. The molecule has 186 valence electrons. The van der Waals surface area contributed by atoms with Crippen molar-refractivity contribution in [2.24, 2.45) is 0 Å². The molecule has 0 saturated carbocycles. The standard InChI is InChI=1S/C28H29ClN4O3/c1-4-33-18(2)22(21-11-8-12-23(29)27(21)33)16-25(34)32-24(15-19-9-6-5-7-10-19)28(35)31-20-13-14-26(36-3)30-17-20/h5-14,17,24H,4,15-16H2,1-3H3,(H,31,35)(H,32,34)/t24-/m0/s1. The third-order valence-corrected chi connectivity index (χ3v) is 6.53. The maximum Gasteiger partial charge on any atom is 0.247 e. The van der Waals surface area contributed by atoms with Gasteiger partial charge in [-0.25, -0.2) is 4.98 Å². The molecule has 2 aromatic heterocycles. The number of amides is 2. The normalized spacial score (nSPS) is 11.8. The van der Waals surface area contributed by atoms with Crippen LogP contribution in [0.5, 0.6) is 5.88 Å². The molecule has 0 fully saturated rings. The molecule has 0 aliphatic heterocycles. The van der Waals surface area contributed by atoms with Crippen molar-refractivity contribution < 1.29 is 14.3 Å². The fourth-order valence-electron chi connectivity index (χ4n) is 4.45. The maximum absolute atomic E-state index is 13.3. The predicted octanol–water partition coefficient (Wildman–Crippen LogP) is 4.94. The molecule has 2 N–H and O–H groups in total. The number of benzene rings is 2. The Morgan fingerprint density at radius 1 is 1.08 bits per heavy atom. The minimum atomic E-state index is -0.773. The van der Waals surface area contributed by atoms with Crippen LogP contribution in [-0.4, -0.2) is 34.5 Å². The lowest BCUT2D eigenvalue weighted by Gasteiger charge is -2.19. The third kappa shape index (κ3) is 5.52. The van der Waals surface area contributed by atoms with Crippen molar-refractivity contribution in [2.75, 3.05) is 12.4 Å². The van der Waals surface area contributed by atoms with Crippen molar-refractivity contribution in [3.05, 3.63) is 88.7 Å². The van der Waals surface area contributed by atoms with E-state index in [0.717, 1.165) is 34.3 Å². The van der Waals surface area contributed by atoms with Gasteiger partial charge in [-0.1, -0.05) is 54.1 Å². The summed E-state index contributed by atoms with van der Waals surface area (Å²) in [7, 11) is 1.53. The number of rotatable bonds is 9. The number of hydrogen-bond donors (Lipinski definition) is 2. The monoisotopic (exact) mass is 504 g/mol. The lowest BCUT2D eigenvalue weighted by Crippen LogP contribution is -2.45. The van der Waals surface area contributed by atoms with Crippen molar-refractivity contribution in [2.45, 2.75) is 39.3 Å². The Bertz CT molecular complexity index is 1370. The molecule has 0 radical (unpaired) electrons. The Balaban J connectivity index is 1.56. The smallest absolute Gasteiger partial charge is 0.247 e. The quantitative estimate of drug-likeness (QED) is 0.338. The zero-order valence-corrected chi connectivity index (χ0v) is 21.3. The van der Waals surface area contributed by atoms with Gasteiger partial charge in [0.15, 0.2) is 0 Å². The van der Waals surface area contributed by atoms with E-state index in [1.54, 1.807) is 12.1 Å². The van der Waals surface area contributed by atoms with E-state index in [4.69, 9.17) is 16.3 Å². The zero-order chi connectivity index (χ0) is 25.7. The first-order valence-corrected chi connectivity index (χ1v) is 12.2. The highest BCUT2D eigenvalue weighted by atomic mass is 35.5. The number of nitrogens with one attached hydrogen (secondary N) is 2. The summed E-state index contributed by atoms with van der Waals surface area (Å²) < 4.78 is 7.19. The fraction of sp³-hybridized carbons (Fsp3) is 0.250. The number of anilines is 1. The minimum absolute atomic E-state index is 0.137. The van der Waals surface area contributed by atoms with E-state index in [2.05, 4.69) is 20.2 Å². The van der Waals surface area contributed by atoms with Gasteiger partial charge in [-0.2, -0.15) is 0 Å². The zero-order valence-electron chi connectivity index (χ0n) is 20.5. The topological polar surface area (TPSA) is 85.2 Å². The molecule has 2 amide bonds. The summed E-state index contributed by atoms with van der Waals surface area (Å²) in [4.78, 5) is 30.6. The molecule has 4 rings (SSSR count). The Morgan fingerprint density at radius 2 is 1.86 bits per heavy atom. The first-order valence-electron chi connectivity index (χ1n) is 11.8. The largest absolute Gasteiger partial charge is 0.481 e. The van der Waals surface area contributed by atoms with Crippen LogP contribution in [0.25, 0.3) is 10.9 Å². The summed E-state index contributed by atoms with van der Waals surface area (Å²) >= 11 is 6.49. The molecule has 0 saturated heterocycles. The van der Waals surface area contributed by atoms with Crippen molar-refractivity contribution in [3.63, 3.8) is 0 Å². The number of carbonyl (C=O) groups excluding carboxylic acids is 2. The van der Waals surface area contributed by atoms with E-state index in [9.17, 15) is 9.59 Å². The number of hydrogen-bond acceptors (Lipinski definition) is 4. The summed E-state index contributed by atoms with van der Waals surface area (Å²) in [6.45, 7) is 4.78. The van der Waals surface area contributed by atoms with Gasteiger partial charge >= 0.3 is 0 Å². The number of halogens is 1. The average Bonchev–Trinajstić information content (AvgIpc) is 3.16. The van der Waals surface area contributed by atoms with Crippen LogP contribution in [-0.2, 0) is 29.0 Å². The molecule has 2 aromatic carbocycles. The second kappa shape index (κ2) is 11.3. The number of carbonyl (C=O) groups is 2. The van der Waals surface area contributed by atoms with Crippen molar-refractivity contribution >= 4 is 40.0 Å². The second-order valence-corrected chi connectivity index (χ2v) is 8.92. The Hall–Kier alpha value is -3.84. The van der Waals surface area contributed by atoms with E-state index < -0.39 is 6.04 Å². The van der Waals surface area contributed by atoms with E-state index >= 15 is 0 Å². The number of fused-ring (bicyclic) bond motifs is 1. The summed E-state index contributed by atoms with van der Waals surface area (Å²) in [5.41, 5.74) is 4.28. The van der Waals surface area contributed by atoms with Crippen LogP contribution in [0.3, 0.4) is 0 Å². The number of nitrogens with zero attached hydrogens (tertiary/aromatic N) is 2. The first-order chi connectivity index (χ1) is 17.4. The molecule has 8 heteroatoms. The van der Waals surface area contributed by atoms with Gasteiger partial charge in [-0.3, -0.25) is 9.59 Å². The van der Waals surface area contributed by atoms with Gasteiger partial charge in [0.25, 0.3) is 0 Å². The number of pyridine rings is 1. The Morgan fingerprint density at radius 3 is 2.53 bits per heavy atom. The number of ether oxygens (including phenoxy) is 1. The molecule has 7 nitrogen and oxygen atoms in total. The fourth-order valence-corrected chi connectivity index (χ4v) is 4.72. The number of methoxy groups -OCH3 is 1. The highest BCUT2D eigenvalue weighted by molar-refractivity contribution is 6.35. The van der Waals surface area contributed by atoms with Crippen LogP contribution in [0.4, 0.5) is 5.69 Å². The molecule has 4 aromatic rings. The van der Waals surface area contributed by atoms with Crippen LogP contribution in [0.15, 0.2) is 66.9 Å². The van der Waals surface area contributed by atoms with Crippen LogP contribution in [0.1, 0.15) is 23.7 Å². The van der Waals surface area contributed by atoms with E-state index in [0.29, 0.717) is 23.0 Å². The molecule has 36 heavy (non-hydrogen) atoms. The number of aromatic nitrogens is 2. The molecular weight excluding hydrogens is 476 g/mol. The predicted molar refractivity (Wildman–Crippen MR) is 143 cm³/mol. The van der Waals surface area contributed by atoms with Gasteiger partial charge in [0.2, 0.25) is 17.7 Å². The van der Waals surface area contributed by atoms with Crippen LogP contribution in [0, 0.1) is 6.92 Å². The molecule has 0 spiro atoms. The SMILES string of the molecule is CCn1c(C)c(CC(=O)N[C@@H](Cc2ccccc2)C(=O)Nc2ccc(OC)nc2)c2cccc(Cl)c21. The molecule has 0 aliphatic rings. The summed E-state index contributed by atoms with van der Waals surface area (Å²) in [6.07, 6.45) is 2.01. The Labute approximate surface area is 215 Å². The van der Waals surface area contributed by atoms with E-state index in [-0.39, 0.29) is 18.2 Å². The maximum atomic E-state index is 13.3. The van der Waals surface area contributed by atoms with Gasteiger partial charge in [0.05, 0.1) is 36.0 Å². The van der Waals surface area contributed by atoms with Crippen LogP contribution >= 0.6 is 11.6 Å². The molecular formula is C28H29ClN4O3. The lowest BCUT2D eigenvalue weighted by molar-refractivity contribution is -0.126. The van der Waals surface area contributed by atoms with E-state index in [1.807, 2.05) is 62.4 Å². The second-order valence-electron chi connectivity index (χ2n) is 8.51. The van der Waals surface area contributed by atoms with Gasteiger partial charge in [-0.05, 0) is 37.1 Å². The third-order valence-electron chi connectivity index (χ3n) is 6.22. The number of aryl methyl sites for hydroxylation is 1. The Kier molecular flexibility index (Phi) is 7.90. The highest BCUT2D eigenvalue weighted by Crippen LogP contribution is 2.31. The molecule has 0 unspecified atom stereocenters. The first kappa shape index (κ1) is 25.3. The lowest BCUT2D eigenvalue weighted by atomic mass is 10.0. The van der Waals surface area contributed by atoms with Gasteiger partial charge in [0.1, 0.15) is 6.04 Å². The van der Waals surface area contributed by atoms with Gasteiger partial charge in [0, 0.05) is 30.1 Å². The average molecular weight is 505 g/mol. The number of para-hydroxylation sites is 1. The van der Waals surface area contributed by atoms with E-state index in [1.165, 1.54) is 13.3 Å². The van der Waals surface area contributed by atoms with Crippen molar-refractivity contribution in [3.8, 4) is 5.88 Å². The van der Waals surface area contributed by atoms with Crippen molar-refractivity contribution in [1.82, 2.24) is 14.9 Å². The summed E-state index contributed by atoms with van der Waals surface area (Å²) in [5.74, 6) is -0.115. The van der Waals surface area contributed by atoms with Crippen LogP contribution < -0.4 is 15.4 Å². The van der Waals surface area contributed by atoms with Crippen molar-refractivity contribution in [1.29, 1.82) is 0 Å². The molecule has 0 aliphatic carbocycles. The highest BCUT2D eigenvalue weighted by Gasteiger charge is 2.24. The van der Waals surface area contributed by atoms with Crippen LogP contribution in [0.2, 0.25) is 5.02 Å². The molecule has 0 bridgehead atoms. The van der Waals surface area contributed by atoms with Gasteiger partial charge < -0.3 is 19.9 Å². The van der Waals surface area contributed by atoms with Gasteiger partial charge in [-0.15, -0.1) is 0 Å². The molecule has 2 heterocycles. The molecule has 1 atom stereocenters.